The first-order valence-corrected chi connectivity index (χ1v) is 9.89. The number of hydrogen-bond acceptors (Lipinski definition) is 6. The molecule has 0 bridgehead atoms. The fourth-order valence-corrected chi connectivity index (χ4v) is 3.99. The van der Waals surface area contributed by atoms with Gasteiger partial charge in [0.05, 0.1) is 18.8 Å². The minimum Gasteiger partial charge on any atom is -0.313 e. The molecule has 0 aromatic carbocycles. The molecule has 5 rings (SSSR count). The van der Waals surface area contributed by atoms with Crippen LogP contribution in [0.3, 0.4) is 0 Å². The Labute approximate surface area is 162 Å². The predicted molar refractivity (Wildman–Crippen MR) is 103 cm³/mol. The van der Waals surface area contributed by atoms with E-state index in [2.05, 4.69) is 29.7 Å². The van der Waals surface area contributed by atoms with Gasteiger partial charge in [-0.05, 0) is 50.4 Å². The van der Waals surface area contributed by atoms with Crippen LogP contribution in [0.1, 0.15) is 37.5 Å². The molecular weight excluding hydrogens is 354 g/mol. The van der Waals surface area contributed by atoms with Crippen LogP contribution in [0.5, 0.6) is 0 Å². The lowest BCUT2D eigenvalue weighted by atomic mass is 10.2. The van der Waals surface area contributed by atoms with E-state index in [0.717, 1.165) is 43.0 Å². The highest BCUT2D eigenvalue weighted by atomic mass is 16.1. The Morgan fingerprint density at radius 2 is 1.93 bits per heavy atom. The van der Waals surface area contributed by atoms with Crippen molar-refractivity contribution in [3.8, 4) is 11.3 Å². The molecule has 0 spiro atoms. The van der Waals surface area contributed by atoms with Crippen LogP contribution in [0.15, 0.2) is 47.8 Å². The summed E-state index contributed by atoms with van der Waals surface area (Å²) in [5.41, 5.74) is 1.69. The Morgan fingerprint density at radius 1 is 1.07 bits per heavy atom. The predicted octanol–water partition coefficient (Wildman–Crippen LogP) is 1.90. The molecule has 1 saturated heterocycles. The van der Waals surface area contributed by atoms with E-state index in [4.69, 9.17) is 0 Å². The Bertz CT molecular complexity index is 1010. The average Bonchev–Trinajstić information content (AvgIpc) is 3.31. The fraction of sp³-hybridized carbons (Fsp3) is 0.450. The molecule has 1 aliphatic heterocycles. The van der Waals surface area contributed by atoms with Crippen molar-refractivity contribution in [1.82, 2.24) is 34.4 Å². The van der Waals surface area contributed by atoms with Crippen LogP contribution < -0.4 is 5.56 Å². The lowest BCUT2D eigenvalue weighted by Crippen LogP contribution is -2.37. The van der Waals surface area contributed by atoms with Gasteiger partial charge < -0.3 is 4.57 Å². The topological polar surface area (TPSA) is 81.7 Å². The van der Waals surface area contributed by atoms with E-state index < -0.39 is 0 Å². The van der Waals surface area contributed by atoms with Gasteiger partial charge in [0.2, 0.25) is 0 Å². The maximum absolute atomic E-state index is 12.4. The summed E-state index contributed by atoms with van der Waals surface area (Å²) in [6.07, 6.45) is 9.95. The standard InChI is InChI=1S/C20H23N7O/c28-20-6-5-18(15-7-9-21-10-8-15)24-27(20)12-17-2-1-11-25(17)13-19-23-22-14-26(19)16-3-4-16/h5-10,14,16-17H,1-4,11-13H2. The number of pyridine rings is 1. The molecule has 3 aromatic heterocycles. The van der Waals surface area contributed by atoms with Crippen LogP contribution in [0.4, 0.5) is 0 Å². The lowest BCUT2D eigenvalue weighted by molar-refractivity contribution is 0.209. The van der Waals surface area contributed by atoms with E-state index in [9.17, 15) is 4.79 Å². The van der Waals surface area contributed by atoms with Gasteiger partial charge in [-0.15, -0.1) is 10.2 Å². The van der Waals surface area contributed by atoms with Crippen LogP contribution in [-0.4, -0.2) is 47.0 Å². The molecule has 8 nitrogen and oxygen atoms in total. The number of nitrogens with zero attached hydrogens (tertiary/aromatic N) is 7. The first kappa shape index (κ1) is 17.2. The van der Waals surface area contributed by atoms with Crippen molar-refractivity contribution in [2.75, 3.05) is 6.54 Å². The molecule has 1 atom stereocenters. The lowest BCUT2D eigenvalue weighted by Gasteiger charge is -2.24. The van der Waals surface area contributed by atoms with Gasteiger partial charge in [-0.25, -0.2) is 4.68 Å². The fourth-order valence-electron chi connectivity index (χ4n) is 3.99. The summed E-state index contributed by atoms with van der Waals surface area (Å²) in [6, 6.07) is 8.05. The van der Waals surface area contributed by atoms with Gasteiger partial charge in [0.15, 0.2) is 0 Å². The Morgan fingerprint density at radius 3 is 2.75 bits per heavy atom. The van der Waals surface area contributed by atoms with E-state index in [0.29, 0.717) is 12.6 Å². The molecule has 0 amide bonds. The summed E-state index contributed by atoms with van der Waals surface area (Å²) >= 11 is 0. The summed E-state index contributed by atoms with van der Waals surface area (Å²) in [7, 11) is 0. The van der Waals surface area contributed by atoms with Crippen molar-refractivity contribution in [2.45, 2.75) is 50.9 Å². The van der Waals surface area contributed by atoms with E-state index in [1.165, 1.54) is 12.8 Å². The Balaban J connectivity index is 1.35. The molecule has 1 saturated carbocycles. The van der Waals surface area contributed by atoms with Crippen molar-refractivity contribution < 1.29 is 0 Å². The van der Waals surface area contributed by atoms with Crippen LogP contribution in [-0.2, 0) is 13.1 Å². The highest BCUT2D eigenvalue weighted by molar-refractivity contribution is 5.56. The Hall–Kier alpha value is -2.87. The molecule has 8 heteroatoms. The second kappa shape index (κ2) is 7.27. The smallest absolute Gasteiger partial charge is 0.266 e. The third kappa shape index (κ3) is 3.47. The Kier molecular flexibility index (Phi) is 4.48. The zero-order chi connectivity index (χ0) is 18.9. The van der Waals surface area contributed by atoms with Crippen molar-refractivity contribution >= 4 is 0 Å². The highest BCUT2D eigenvalue weighted by Gasteiger charge is 2.30. The molecular formula is C20H23N7O. The first-order chi connectivity index (χ1) is 13.8. The monoisotopic (exact) mass is 377 g/mol. The number of rotatable bonds is 6. The highest BCUT2D eigenvalue weighted by Crippen LogP contribution is 2.35. The summed E-state index contributed by atoms with van der Waals surface area (Å²) in [5, 5.41) is 13.1. The third-order valence-electron chi connectivity index (χ3n) is 5.66. The molecule has 28 heavy (non-hydrogen) atoms. The maximum atomic E-state index is 12.4. The zero-order valence-electron chi connectivity index (χ0n) is 15.7. The minimum absolute atomic E-state index is 0.0641. The van der Waals surface area contributed by atoms with Gasteiger partial charge in [0, 0.05) is 36.1 Å². The number of likely N-dealkylation sites (tertiary alicyclic amines) is 1. The molecule has 144 valence electrons. The van der Waals surface area contributed by atoms with Crippen molar-refractivity contribution in [3.05, 3.63) is 59.2 Å². The minimum atomic E-state index is -0.0641. The van der Waals surface area contributed by atoms with Gasteiger partial charge in [-0.3, -0.25) is 14.7 Å². The van der Waals surface area contributed by atoms with Gasteiger partial charge >= 0.3 is 0 Å². The van der Waals surface area contributed by atoms with E-state index in [1.807, 2.05) is 18.5 Å². The SMILES string of the molecule is O=c1ccc(-c2ccncc2)nn1CC1CCCN1Cc1nncn1C1CC1. The van der Waals surface area contributed by atoms with Crippen LogP contribution >= 0.6 is 0 Å². The second-order valence-electron chi connectivity index (χ2n) is 7.63. The largest absolute Gasteiger partial charge is 0.313 e. The maximum Gasteiger partial charge on any atom is 0.266 e. The normalized spacial score (nSPS) is 19.9. The van der Waals surface area contributed by atoms with E-state index >= 15 is 0 Å². The second-order valence-corrected chi connectivity index (χ2v) is 7.63. The van der Waals surface area contributed by atoms with Crippen molar-refractivity contribution in [3.63, 3.8) is 0 Å². The summed E-state index contributed by atoms with van der Waals surface area (Å²) in [4.78, 5) is 18.9. The average molecular weight is 377 g/mol. The van der Waals surface area contributed by atoms with Gasteiger partial charge in [0.1, 0.15) is 12.2 Å². The molecule has 1 aliphatic carbocycles. The van der Waals surface area contributed by atoms with Crippen molar-refractivity contribution in [1.29, 1.82) is 0 Å². The summed E-state index contributed by atoms with van der Waals surface area (Å²) in [5.74, 6) is 1.03. The van der Waals surface area contributed by atoms with Crippen molar-refractivity contribution in [2.24, 2.45) is 0 Å². The molecule has 0 radical (unpaired) electrons. The molecule has 2 aliphatic rings. The molecule has 4 heterocycles. The summed E-state index contributed by atoms with van der Waals surface area (Å²) < 4.78 is 3.81. The van der Waals surface area contributed by atoms with Gasteiger partial charge in [-0.2, -0.15) is 5.10 Å². The first-order valence-electron chi connectivity index (χ1n) is 9.89. The summed E-state index contributed by atoms with van der Waals surface area (Å²) in [6.45, 7) is 2.39. The number of hydrogen-bond donors (Lipinski definition) is 0. The molecule has 3 aromatic rings. The zero-order valence-corrected chi connectivity index (χ0v) is 15.7. The third-order valence-corrected chi connectivity index (χ3v) is 5.66. The van der Waals surface area contributed by atoms with Gasteiger partial charge in [-0.1, -0.05) is 0 Å². The van der Waals surface area contributed by atoms with E-state index in [-0.39, 0.29) is 11.6 Å². The molecule has 0 N–H and O–H groups in total. The van der Waals surface area contributed by atoms with Crippen LogP contribution in [0.25, 0.3) is 11.3 Å². The number of aromatic nitrogens is 6. The van der Waals surface area contributed by atoms with E-state index in [1.54, 1.807) is 29.2 Å². The molecule has 1 unspecified atom stereocenters. The van der Waals surface area contributed by atoms with Crippen LogP contribution in [0, 0.1) is 0 Å². The van der Waals surface area contributed by atoms with Crippen LogP contribution in [0.2, 0.25) is 0 Å². The quantitative estimate of drug-likeness (QED) is 0.653. The molecule has 2 fully saturated rings. The van der Waals surface area contributed by atoms with Gasteiger partial charge in [0.25, 0.3) is 5.56 Å².